The van der Waals surface area contributed by atoms with Crippen molar-refractivity contribution in [3.05, 3.63) is 224 Å². The second kappa shape index (κ2) is 25.0. The van der Waals surface area contributed by atoms with E-state index in [-0.39, 0.29) is 20.1 Å². The number of aromatic nitrogens is 6. The number of para-hydroxylation sites is 2. The molecule has 0 amide bonds. The van der Waals surface area contributed by atoms with E-state index in [2.05, 4.69) is 180 Å². The van der Waals surface area contributed by atoms with Crippen molar-refractivity contribution in [2.24, 2.45) is 0 Å². The van der Waals surface area contributed by atoms with Crippen LogP contribution in [0, 0.1) is 12.1 Å². The molecular formula is C63H62IrN6-2. The smallest absolute Gasteiger partial charge is 0.0724 e. The Labute approximate surface area is 427 Å². The van der Waals surface area contributed by atoms with Gasteiger partial charge in [-0.3, -0.25) is 9.97 Å². The molecule has 5 aromatic carbocycles. The van der Waals surface area contributed by atoms with Crippen LogP contribution >= 0.6 is 0 Å². The van der Waals surface area contributed by atoms with Gasteiger partial charge >= 0.3 is 0 Å². The number of rotatable bonds is 10. The summed E-state index contributed by atoms with van der Waals surface area (Å²) in [6.07, 6.45) is 16.2. The molecule has 0 aliphatic rings. The molecular weight excluding hydrogens is 1030 g/mol. The SMILES string of the molecule is CCC(C)c1ccc(-n2c3ccccc3c3ccncc32)cc1.CCC(C)n1c2ccccc2c2cnccc21.CCCC(C)c1ccc(-c2[c-]cccc2)nc1.[Ir].[c-]1ccccc1-c1ccccn1. The third kappa shape index (κ3) is 11.9. The van der Waals surface area contributed by atoms with Crippen molar-refractivity contribution >= 4 is 43.6 Å². The molecule has 0 fully saturated rings. The van der Waals surface area contributed by atoms with Crippen LogP contribution in [0.1, 0.15) is 96.2 Å². The number of fused-ring (bicyclic) bond motifs is 6. The van der Waals surface area contributed by atoms with E-state index in [0.717, 1.165) is 34.5 Å². The summed E-state index contributed by atoms with van der Waals surface area (Å²) in [5, 5.41) is 5.08. The molecule has 0 bridgehead atoms. The second-order valence-corrected chi connectivity index (χ2v) is 17.6. The largest absolute Gasteiger partial charge is 0.338 e. The first-order valence-corrected chi connectivity index (χ1v) is 24.5. The molecule has 6 aromatic heterocycles. The Morgan fingerprint density at radius 2 is 1.04 bits per heavy atom. The van der Waals surface area contributed by atoms with Crippen LogP contribution in [0.15, 0.2) is 201 Å². The summed E-state index contributed by atoms with van der Waals surface area (Å²) < 4.78 is 4.73. The van der Waals surface area contributed by atoms with Crippen LogP contribution in [0.2, 0.25) is 0 Å². The van der Waals surface area contributed by atoms with E-state index in [1.54, 1.807) is 6.20 Å². The fourth-order valence-corrected chi connectivity index (χ4v) is 8.87. The van der Waals surface area contributed by atoms with Crippen molar-refractivity contribution in [2.45, 2.75) is 85.1 Å². The number of hydrogen-bond acceptors (Lipinski definition) is 4. The molecule has 0 saturated heterocycles. The molecule has 11 aromatic rings. The molecule has 0 aliphatic heterocycles. The van der Waals surface area contributed by atoms with Crippen molar-refractivity contribution in [2.75, 3.05) is 0 Å². The van der Waals surface area contributed by atoms with Gasteiger partial charge in [0, 0.05) is 89.9 Å². The fraction of sp³-hybridized carbons (Fsp3) is 0.206. The van der Waals surface area contributed by atoms with Gasteiger partial charge < -0.3 is 19.1 Å². The van der Waals surface area contributed by atoms with E-state index >= 15 is 0 Å². The summed E-state index contributed by atoms with van der Waals surface area (Å²) in [6, 6.07) is 63.0. The van der Waals surface area contributed by atoms with Gasteiger partial charge in [0.25, 0.3) is 0 Å². The molecule has 11 rings (SSSR count). The molecule has 1 radical (unpaired) electrons. The predicted molar refractivity (Wildman–Crippen MR) is 290 cm³/mol. The maximum Gasteiger partial charge on any atom is 0.0724 e. The van der Waals surface area contributed by atoms with Gasteiger partial charge in [-0.1, -0.05) is 114 Å². The quantitative estimate of drug-likeness (QED) is 0.128. The van der Waals surface area contributed by atoms with Crippen LogP contribution < -0.4 is 0 Å². The zero-order chi connectivity index (χ0) is 48.0. The Balaban J connectivity index is 0.000000140. The van der Waals surface area contributed by atoms with Gasteiger partial charge in [-0.2, -0.15) is 0 Å². The van der Waals surface area contributed by atoms with Crippen LogP contribution in [0.3, 0.4) is 0 Å². The number of pyridine rings is 4. The Hall–Kier alpha value is -7.05. The summed E-state index contributed by atoms with van der Waals surface area (Å²) in [7, 11) is 0. The fourth-order valence-electron chi connectivity index (χ4n) is 8.87. The van der Waals surface area contributed by atoms with E-state index in [1.165, 1.54) is 74.2 Å². The van der Waals surface area contributed by atoms with Crippen molar-refractivity contribution < 1.29 is 20.1 Å². The first kappa shape index (κ1) is 50.8. The number of hydrogen-bond donors (Lipinski definition) is 0. The molecule has 7 heteroatoms. The summed E-state index contributed by atoms with van der Waals surface area (Å²) in [5.74, 6) is 1.20. The molecule has 3 unspecified atom stereocenters. The van der Waals surface area contributed by atoms with E-state index in [4.69, 9.17) is 0 Å². The maximum atomic E-state index is 4.52. The topological polar surface area (TPSA) is 61.4 Å². The van der Waals surface area contributed by atoms with E-state index in [0.29, 0.717) is 17.9 Å². The molecule has 6 heterocycles. The van der Waals surface area contributed by atoms with Crippen LogP contribution in [-0.4, -0.2) is 29.1 Å². The molecule has 70 heavy (non-hydrogen) atoms. The predicted octanol–water partition coefficient (Wildman–Crippen LogP) is 16.9. The summed E-state index contributed by atoms with van der Waals surface area (Å²) in [5.41, 5.74) is 13.0. The van der Waals surface area contributed by atoms with Gasteiger partial charge in [-0.25, -0.2) is 0 Å². The molecule has 355 valence electrons. The number of benzene rings is 5. The first-order chi connectivity index (χ1) is 33.9. The van der Waals surface area contributed by atoms with Gasteiger partial charge in [0.15, 0.2) is 0 Å². The molecule has 3 atom stereocenters. The van der Waals surface area contributed by atoms with Crippen molar-refractivity contribution in [1.82, 2.24) is 29.1 Å². The zero-order valence-electron chi connectivity index (χ0n) is 41.1. The van der Waals surface area contributed by atoms with Crippen molar-refractivity contribution in [3.63, 3.8) is 0 Å². The normalized spacial score (nSPS) is 12.1. The molecule has 0 spiro atoms. The third-order valence-corrected chi connectivity index (χ3v) is 13.1. The Kier molecular flexibility index (Phi) is 18.1. The summed E-state index contributed by atoms with van der Waals surface area (Å²) in [4.78, 5) is 17.3. The standard InChI is InChI=1S/C21H20N2.C16H18N.C15H16N2.C11H8N.Ir/c1-3-15(2)16-8-10-17(11-9-16)23-20-7-5-4-6-18(20)19-12-13-22-14-21(19)23;1-3-7-13(2)15-10-11-16(17-12-15)14-8-5-4-6-9-14;1-3-11(2)17-14-7-5-4-6-12(14)13-10-16-9-8-15(13)17;1-2-6-10(7-3-1)11-8-4-5-9-12-11;/h4-15H,3H2,1-2H3;4-6,8,10-13H,3,7H2,1-2H3;4-11H,3H2,1-2H3;1-6,8-9H;/q;-1;;-1;. The number of nitrogens with zero attached hydrogens (tertiary/aromatic N) is 6. The van der Waals surface area contributed by atoms with Crippen LogP contribution in [-0.2, 0) is 20.1 Å². The molecule has 6 nitrogen and oxygen atoms in total. The Morgan fingerprint density at radius 1 is 0.457 bits per heavy atom. The van der Waals surface area contributed by atoms with E-state index in [9.17, 15) is 0 Å². The first-order valence-electron chi connectivity index (χ1n) is 24.5. The monoisotopic (exact) mass is 1100 g/mol. The summed E-state index contributed by atoms with van der Waals surface area (Å²) >= 11 is 0. The maximum absolute atomic E-state index is 4.52. The van der Waals surface area contributed by atoms with Crippen LogP contribution in [0.25, 0.3) is 71.8 Å². The van der Waals surface area contributed by atoms with Gasteiger partial charge in [-0.15, -0.1) is 71.8 Å². The minimum Gasteiger partial charge on any atom is -0.338 e. The van der Waals surface area contributed by atoms with E-state index < -0.39 is 0 Å². The minimum atomic E-state index is 0. The second-order valence-electron chi connectivity index (χ2n) is 17.6. The third-order valence-electron chi connectivity index (χ3n) is 13.1. The molecule has 0 saturated carbocycles. The Bertz CT molecular complexity index is 3150. The summed E-state index contributed by atoms with van der Waals surface area (Å²) in [6.45, 7) is 13.5. The van der Waals surface area contributed by atoms with Gasteiger partial charge in [0.05, 0.1) is 22.7 Å². The average molecular weight is 1100 g/mol. The van der Waals surface area contributed by atoms with Gasteiger partial charge in [-0.05, 0) is 103 Å². The molecule has 0 N–H and O–H groups in total. The average Bonchev–Trinajstić information content (AvgIpc) is 3.95. The van der Waals surface area contributed by atoms with Crippen molar-refractivity contribution in [3.8, 4) is 28.2 Å². The van der Waals surface area contributed by atoms with Crippen LogP contribution in [0.4, 0.5) is 0 Å². The Morgan fingerprint density at radius 3 is 1.66 bits per heavy atom. The van der Waals surface area contributed by atoms with Gasteiger partial charge in [0.1, 0.15) is 0 Å². The van der Waals surface area contributed by atoms with E-state index in [1.807, 2.05) is 97.7 Å². The van der Waals surface area contributed by atoms with Gasteiger partial charge in [0.2, 0.25) is 0 Å². The van der Waals surface area contributed by atoms with Crippen LogP contribution in [0.5, 0.6) is 0 Å². The minimum absolute atomic E-state index is 0. The zero-order valence-corrected chi connectivity index (χ0v) is 43.5. The molecule has 0 aliphatic carbocycles. The van der Waals surface area contributed by atoms with Crippen molar-refractivity contribution in [1.29, 1.82) is 0 Å².